The zero-order valence-electron chi connectivity index (χ0n) is 12.8. The van der Waals surface area contributed by atoms with E-state index in [0.717, 1.165) is 18.3 Å². The third-order valence-electron chi connectivity index (χ3n) is 3.28. The van der Waals surface area contributed by atoms with Gasteiger partial charge in [0.1, 0.15) is 11.6 Å². The third-order valence-corrected chi connectivity index (χ3v) is 3.28. The molecule has 2 aromatic rings. The van der Waals surface area contributed by atoms with Crippen LogP contribution in [0.4, 0.5) is 13.2 Å². The first-order valence-electron chi connectivity index (χ1n) is 6.94. The lowest BCUT2D eigenvalue weighted by atomic mass is 10.3. The van der Waals surface area contributed by atoms with E-state index in [9.17, 15) is 13.2 Å². The van der Waals surface area contributed by atoms with Crippen molar-refractivity contribution >= 4 is 6.02 Å². The Labute approximate surface area is 135 Å². The van der Waals surface area contributed by atoms with E-state index in [-0.39, 0.29) is 29.9 Å². The summed E-state index contributed by atoms with van der Waals surface area (Å²) in [6.45, 7) is 1.62. The summed E-state index contributed by atoms with van der Waals surface area (Å²) in [5.74, 6) is -2.04. The van der Waals surface area contributed by atoms with Crippen LogP contribution in [0.5, 0.6) is 17.4 Å². The molecule has 126 valence electrons. The van der Waals surface area contributed by atoms with Crippen LogP contribution in [0.3, 0.4) is 0 Å². The Balaban J connectivity index is 1.90. The Bertz CT molecular complexity index is 845. The van der Waals surface area contributed by atoms with Crippen molar-refractivity contribution in [3.63, 3.8) is 0 Å². The minimum atomic E-state index is -0.859. The molecule has 0 amide bonds. The highest BCUT2D eigenvalue weighted by Crippen LogP contribution is 2.35. The average molecular weight is 338 g/mol. The van der Waals surface area contributed by atoms with Crippen LogP contribution < -0.4 is 14.8 Å². The molecule has 0 bridgehead atoms. The number of aliphatic imine (C=N–C) groups is 1. The molecule has 2 heterocycles. The molecule has 0 fully saturated rings. The number of hydrogen-bond acceptors (Lipinski definition) is 5. The van der Waals surface area contributed by atoms with Crippen molar-refractivity contribution in [2.45, 2.75) is 6.92 Å². The number of ether oxygens (including phenoxy) is 2. The van der Waals surface area contributed by atoms with Gasteiger partial charge in [-0.05, 0) is 19.1 Å². The molecule has 0 spiro atoms. The van der Waals surface area contributed by atoms with Crippen LogP contribution in [0.1, 0.15) is 5.69 Å². The number of nitrogens with one attached hydrogen (secondary N) is 1. The zero-order valence-corrected chi connectivity index (χ0v) is 12.8. The first kappa shape index (κ1) is 15.9. The molecule has 1 aliphatic heterocycles. The van der Waals surface area contributed by atoms with Gasteiger partial charge in [0.2, 0.25) is 5.75 Å². The molecule has 1 aromatic carbocycles. The number of nitrogens with zero attached hydrogens (tertiary/aromatic N) is 3. The van der Waals surface area contributed by atoms with Crippen molar-refractivity contribution in [2.24, 2.45) is 12.0 Å². The molecule has 0 aliphatic carbocycles. The summed E-state index contributed by atoms with van der Waals surface area (Å²) in [6, 6.07) is 2.97. The topological polar surface area (TPSA) is 60.7 Å². The maximum atomic E-state index is 13.8. The van der Waals surface area contributed by atoms with Gasteiger partial charge in [0, 0.05) is 13.1 Å². The van der Waals surface area contributed by atoms with Gasteiger partial charge in [-0.15, -0.1) is 5.10 Å². The van der Waals surface area contributed by atoms with Crippen molar-refractivity contribution in [1.82, 2.24) is 15.1 Å². The molecule has 1 N–H and O–H groups in total. The summed E-state index contributed by atoms with van der Waals surface area (Å²) in [5, 5.41) is 6.72. The summed E-state index contributed by atoms with van der Waals surface area (Å²) in [6.07, 6.45) is 1.02. The van der Waals surface area contributed by atoms with Gasteiger partial charge in [0.05, 0.1) is 18.4 Å². The van der Waals surface area contributed by atoms with Crippen LogP contribution in [0.2, 0.25) is 0 Å². The fourth-order valence-corrected chi connectivity index (χ4v) is 1.94. The molecular formula is C15H13F3N4O2. The smallest absolute Gasteiger partial charge is 0.296 e. The molecule has 0 saturated heterocycles. The van der Waals surface area contributed by atoms with E-state index >= 15 is 0 Å². The van der Waals surface area contributed by atoms with E-state index in [1.165, 1.54) is 4.68 Å². The molecule has 0 unspecified atom stereocenters. The van der Waals surface area contributed by atoms with Gasteiger partial charge in [0.25, 0.3) is 11.9 Å². The minimum Gasteiger partial charge on any atom is -0.447 e. The van der Waals surface area contributed by atoms with Crippen LogP contribution in [0.15, 0.2) is 35.2 Å². The summed E-state index contributed by atoms with van der Waals surface area (Å²) < 4.78 is 52.1. The maximum Gasteiger partial charge on any atom is 0.296 e. The molecule has 0 atom stereocenters. The van der Waals surface area contributed by atoms with Gasteiger partial charge >= 0.3 is 0 Å². The van der Waals surface area contributed by atoms with Gasteiger partial charge in [-0.2, -0.15) is 0 Å². The fraction of sp³-hybridized carbons (Fsp3) is 0.200. The van der Waals surface area contributed by atoms with Crippen molar-refractivity contribution < 1.29 is 22.6 Å². The Kier molecular flexibility index (Phi) is 4.15. The molecule has 1 aliphatic rings. The standard InChI is InChI=1S/C15H13F3N4O2/c1-8-13(23-12-4-3-9(16)5-11(12)18)14(21-22(8)2)24-15-19-6-10(17)7-20-15/h3-6H,7H2,1-2H3,(H,19,20). The van der Waals surface area contributed by atoms with Gasteiger partial charge in [-0.1, -0.05) is 0 Å². The second-order valence-electron chi connectivity index (χ2n) is 4.99. The average Bonchev–Trinajstić information content (AvgIpc) is 2.79. The fourth-order valence-electron chi connectivity index (χ4n) is 1.94. The van der Waals surface area contributed by atoms with E-state index in [0.29, 0.717) is 11.8 Å². The minimum absolute atomic E-state index is 0.0145. The number of benzene rings is 1. The number of halogens is 3. The SMILES string of the molecule is Cc1c(Oc2ccc(F)cc2F)c(OC2=NC=C(F)CN2)nn1C. The Morgan fingerprint density at radius 3 is 2.67 bits per heavy atom. The number of aryl methyl sites for hydroxylation is 1. The molecule has 24 heavy (non-hydrogen) atoms. The van der Waals surface area contributed by atoms with Crippen molar-refractivity contribution in [3.05, 3.63) is 47.6 Å². The summed E-state index contributed by atoms with van der Waals surface area (Å²) in [7, 11) is 1.64. The van der Waals surface area contributed by atoms with E-state index in [1.807, 2.05) is 0 Å². The highest BCUT2D eigenvalue weighted by molar-refractivity contribution is 5.78. The maximum absolute atomic E-state index is 13.8. The van der Waals surface area contributed by atoms with Crippen molar-refractivity contribution in [1.29, 1.82) is 0 Å². The molecular weight excluding hydrogens is 325 g/mol. The summed E-state index contributed by atoms with van der Waals surface area (Å²) in [5.41, 5.74) is 0.548. The molecule has 3 rings (SSSR count). The Morgan fingerprint density at radius 2 is 2.00 bits per heavy atom. The lowest BCUT2D eigenvalue weighted by molar-refractivity contribution is 0.403. The monoisotopic (exact) mass is 338 g/mol. The van der Waals surface area contributed by atoms with Crippen LogP contribution in [0, 0.1) is 18.6 Å². The van der Waals surface area contributed by atoms with E-state index in [4.69, 9.17) is 9.47 Å². The number of aromatic nitrogens is 2. The van der Waals surface area contributed by atoms with Gasteiger partial charge < -0.3 is 14.8 Å². The Hall–Kier alpha value is -2.97. The molecule has 9 heteroatoms. The molecule has 6 nitrogen and oxygen atoms in total. The number of rotatable bonds is 3. The molecule has 1 aromatic heterocycles. The first-order chi connectivity index (χ1) is 11.4. The highest BCUT2D eigenvalue weighted by atomic mass is 19.1. The molecule has 0 saturated carbocycles. The highest BCUT2D eigenvalue weighted by Gasteiger charge is 2.21. The summed E-state index contributed by atoms with van der Waals surface area (Å²) >= 11 is 0. The Morgan fingerprint density at radius 1 is 1.21 bits per heavy atom. The largest absolute Gasteiger partial charge is 0.447 e. The van der Waals surface area contributed by atoms with E-state index in [1.54, 1.807) is 14.0 Å². The second-order valence-corrected chi connectivity index (χ2v) is 4.99. The lowest BCUT2D eigenvalue weighted by Crippen LogP contribution is -2.32. The predicted octanol–water partition coefficient (Wildman–Crippen LogP) is 2.95. The number of hydrogen-bond donors (Lipinski definition) is 1. The second kappa shape index (κ2) is 6.26. The number of amidine groups is 1. The zero-order chi connectivity index (χ0) is 17.3. The normalized spacial score (nSPS) is 13.9. The van der Waals surface area contributed by atoms with Crippen LogP contribution in [-0.4, -0.2) is 22.3 Å². The first-order valence-corrected chi connectivity index (χ1v) is 6.94. The van der Waals surface area contributed by atoms with Crippen molar-refractivity contribution in [3.8, 4) is 17.4 Å². The van der Waals surface area contributed by atoms with Crippen LogP contribution in [-0.2, 0) is 7.05 Å². The quantitative estimate of drug-likeness (QED) is 0.935. The lowest BCUT2D eigenvalue weighted by Gasteiger charge is -2.12. The third kappa shape index (κ3) is 3.19. The summed E-state index contributed by atoms with van der Waals surface area (Å²) in [4.78, 5) is 3.74. The van der Waals surface area contributed by atoms with Gasteiger partial charge in [-0.25, -0.2) is 18.2 Å². The van der Waals surface area contributed by atoms with Crippen LogP contribution in [0.25, 0.3) is 0 Å². The predicted molar refractivity (Wildman–Crippen MR) is 79.6 cm³/mol. The van der Waals surface area contributed by atoms with E-state index in [2.05, 4.69) is 15.4 Å². The van der Waals surface area contributed by atoms with Gasteiger partial charge in [-0.3, -0.25) is 4.68 Å². The molecule has 0 radical (unpaired) electrons. The van der Waals surface area contributed by atoms with Crippen LogP contribution >= 0.6 is 0 Å². The van der Waals surface area contributed by atoms with E-state index < -0.39 is 17.5 Å². The van der Waals surface area contributed by atoms with Crippen molar-refractivity contribution in [2.75, 3.05) is 6.54 Å². The van der Waals surface area contributed by atoms with Gasteiger partial charge in [0.15, 0.2) is 11.6 Å².